The van der Waals surface area contributed by atoms with E-state index < -0.39 is 0 Å². The van der Waals surface area contributed by atoms with Gasteiger partial charge in [0.15, 0.2) is 0 Å². The normalized spacial score (nSPS) is 13.0. The molecule has 0 aromatic heterocycles. The predicted octanol–water partition coefficient (Wildman–Crippen LogP) is 4.05. The number of benzene rings is 1. The van der Waals surface area contributed by atoms with E-state index in [1.54, 1.807) is 6.07 Å². The highest BCUT2D eigenvalue weighted by molar-refractivity contribution is 9.10. The Bertz CT molecular complexity index is 351. The fraction of sp³-hybridized carbons (Fsp3) is 0.571. The zero-order valence-corrected chi connectivity index (χ0v) is 12.8. The lowest BCUT2D eigenvalue weighted by Gasteiger charge is -2.21. The largest absolute Gasteiger partial charge is 0.377 e. The van der Waals surface area contributed by atoms with Gasteiger partial charge >= 0.3 is 0 Å². The fourth-order valence-corrected chi connectivity index (χ4v) is 2.14. The van der Waals surface area contributed by atoms with E-state index in [9.17, 15) is 4.39 Å². The van der Waals surface area contributed by atoms with Gasteiger partial charge in [-0.1, -0.05) is 22.9 Å². The zero-order valence-electron chi connectivity index (χ0n) is 11.2. The molecule has 0 aliphatic heterocycles. The van der Waals surface area contributed by atoms with Crippen LogP contribution in [0.15, 0.2) is 22.7 Å². The van der Waals surface area contributed by atoms with Crippen LogP contribution in [0.3, 0.4) is 0 Å². The van der Waals surface area contributed by atoms with Gasteiger partial charge < -0.3 is 10.1 Å². The molecule has 1 rings (SSSR count). The van der Waals surface area contributed by atoms with Crippen molar-refractivity contribution >= 4 is 15.9 Å². The summed E-state index contributed by atoms with van der Waals surface area (Å²) in [5.74, 6) is -0.229. The van der Waals surface area contributed by atoms with Gasteiger partial charge in [-0.05, 0) is 50.6 Å². The maximum Gasteiger partial charge on any atom is 0.124 e. The summed E-state index contributed by atoms with van der Waals surface area (Å²) < 4.78 is 19.8. The van der Waals surface area contributed by atoms with Crippen LogP contribution in [0.1, 0.15) is 38.8 Å². The van der Waals surface area contributed by atoms with Gasteiger partial charge in [0.25, 0.3) is 0 Å². The first-order chi connectivity index (χ1) is 8.52. The van der Waals surface area contributed by atoms with Crippen LogP contribution >= 0.6 is 15.9 Å². The van der Waals surface area contributed by atoms with E-state index in [1.165, 1.54) is 6.07 Å². The maximum atomic E-state index is 13.4. The van der Waals surface area contributed by atoms with E-state index in [-0.39, 0.29) is 18.0 Å². The molecule has 0 spiro atoms. The molecular weight excluding hydrogens is 297 g/mol. The molecule has 2 nitrogen and oxygen atoms in total. The Kier molecular flexibility index (Phi) is 6.82. The van der Waals surface area contributed by atoms with Gasteiger partial charge in [-0.3, -0.25) is 0 Å². The van der Waals surface area contributed by atoms with E-state index in [4.69, 9.17) is 4.74 Å². The fourth-order valence-electron chi connectivity index (χ4n) is 1.66. The number of ether oxygens (including phenoxy) is 1. The highest BCUT2D eigenvalue weighted by atomic mass is 79.9. The molecule has 0 saturated heterocycles. The molecule has 0 fully saturated rings. The van der Waals surface area contributed by atoms with Crippen LogP contribution in [0.25, 0.3) is 0 Å². The number of nitrogens with one attached hydrogen (secondary N) is 1. The number of rotatable bonds is 7. The van der Waals surface area contributed by atoms with Gasteiger partial charge in [-0.25, -0.2) is 4.39 Å². The van der Waals surface area contributed by atoms with Crippen LogP contribution in [-0.2, 0) is 4.74 Å². The number of hydrogen-bond donors (Lipinski definition) is 1. The van der Waals surface area contributed by atoms with Crippen molar-refractivity contribution in [2.75, 3.05) is 13.2 Å². The molecule has 0 amide bonds. The Morgan fingerprint density at radius 3 is 2.61 bits per heavy atom. The van der Waals surface area contributed by atoms with E-state index in [2.05, 4.69) is 28.2 Å². The van der Waals surface area contributed by atoms with Crippen molar-refractivity contribution in [1.82, 2.24) is 5.32 Å². The van der Waals surface area contributed by atoms with Crippen molar-refractivity contribution in [3.05, 3.63) is 34.1 Å². The highest BCUT2D eigenvalue weighted by Crippen LogP contribution is 2.21. The molecule has 0 aliphatic rings. The summed E-state index contributed by atoms with van der Waals surface area (Å²) in [6.07, 6.45) is 1.21. The first-order valence-electron chi connectivity index (χ1n) is 6.34. The molecule has 1 atom stereocenters. The van der Waals surface area contributed by atoms with Crippen LogP contribution in [0.2, 0.25) is 0 Å². The Morgan fingerprint density at radius 2 is 2.06 bits per heavy atom. The highest BCUT2D eigenvalue weighted by Gasteiger charge is 2.13. The second-order valence-electron chi connectivity index (χ2n) is 4.59. The number of halogens is 2. The molecule has 4 heteroatoms. The van der Waals surface area contributed by atoms with Crippen molar-refractivity contribution in [3.63, 3.8) is 0 Å². The molecule has 0 bridgehead atoms. The summed E-state index contributed by atoms with van der Waals surface area (Å²) in [6, 6.07) is 4.98. The monoisotopic (exact) mass is 317 g/mol. The minimum atomic E-state index is -0.229. The summed E-state index contributed by atoms with van der Waals surface area (Å²) in [7, 11) is 0. The van der Waals surface area contributed by atoms with Crippen molar-refractivity contribution in [3.8, 4) is 0 Å². The summed E-state index contributed by atoms with van der Waals surface area (Å²) in [6.45, 7) is 7.54. The van der Waals surface area contributed by atoms with Crippen LogP contribution in [-0.4, -0.2) is 19.3 Å². The Balaban J connectivity index is 2.79. The molecule has 0 radical (unpaired) electrons. The average Bonchev–Trinajstić information content (AvgIpc) is 2.27. The molecule has 18 heavy (non-hydrogen) atoms. The smallest absolute Gasteiger partial charge is 0.124 e. The van der Waals surface area contributed by atoms with Gasteiger partial charge in [0.05, 0.1) is 18.8 Å². The zero-order chi connectivity index (χ0) is 13.5. The van der Waals surface area contributed by atoms with Gasteiger partial charge in [0, 0.05) is 4.47 Å². The average molecular weight is 318 g/mol. The first kappa shape index (κ1) is 15.6. The van der Waals surface area contributed by atoms with Crippen LogP contribution in [0.5, 0.6) is 0 Å². The van der Waals surface area contributed by atoms with Crippen molar-refractivity contribution in [1.29, 1.82) is 0 Å². The molecule has 1 unspecified atom stereocenters. The third-order valence-corrected chi connectivity index (χ3v) is 2.98. The Hall–Kier alpha value is -0.450. The topological polar surface area (TPSA) is 21.3 Å². The lowest BCUT2D eigenvalue weighted by molar-refractivity contribution is 0.0611. The predicted molar refractivity (Wildman–Crippen MR) is 76.2 cm³/mol. The van der Waals surface area contributed by atoms with E-state index in [1.807, 2.05) is 19.9 Å². The standard InChI is InChI=1S/C14H21BrFNO/c1-4-5-17-14(9-18-10(2)3)11-6-12(15)8-13(16)7-11/h6-8,10,14,17H,4-5,9H2,1-3H3. The molecule has 1 aromatic rings. The first-order valence-corrected chi connectivity index (χ1v) is 7.13. The van der Waals surface area contributed by atoms with E-state index in [0.717, 1.165) is 23.0 Å². The summed E-state index contributed by atoms with van der Waals surface area (Å²) >= 11 is 3.32. The lowest BCUT2D eigenvalue weighted by Crippen LogP contribution is -2.27. The molecule has 1 aromatic carbocycles. The van der Waals surface area contributed by atoms with Gasteiger partial charge in [-0.2, -0.15) is 0 Å². The second kappa shape index (κ2) is 7.87. The minimum absolute atomic E-state index is 0.0272. The lowest BCUT2D eigenvalue weighted by atomic mass is 10.1. The molecule has 0 saturated carbocycles. The molecule has 102 valence electrons. The third kappa shape index (κ3) is 5.46. The molecule has 0 aliphatic carbocycles. The molecule has 0 heterocycles. The van der Waals surface area contributed by atoms with E-state index >= 15 is 0 Å². The molecular formula is C14H21BrFNO. The third-order valence-electron chi connectivity index (χ3n) is 2.52. The van der Waals surface area contributed by atoms with Crippen LogP contribution < -0.4 is 5.32 Å². The van der Waals surface area contributed by atoms with Crippen molar-refractivity contribution in [2.24, 2.45) is 0 Å². The number of hydrogen-bond acceptors (Lipinski definition) is 2. The van der Waals surface area contributed by atoms with Gasteiger partial charge in [0.2, 0.25) is 0 Å². The van der Waals surface area contributed by atoms with Gasteiger partial charge in [-0.15, -0.1) is 0 Å². The van der Waals surface area contributed by atoms with Crippen LogP contribution in [0.4, 0.5) is 4.39 Å². The minimum Gasteiger partial charge on any atom is -0.377 e. The SMILES string of the molecule is CCCNC(COC(C)C)c1cc(F)cc(Br)c1. The Labute approximate surface area is 117 Å². The van der Waals surface area contributed by atoms with Crippen LogP contribution in [0, 0.1) is 5.82 Å². The molecule has 1 N–H and O–H groups in total. The van der Waals surface area contributed by atoms with Gasteiger partial charge in [0.1, 0.15) is 5.82 Å². The summed E-state index contributed by atoms with van der Waals surface area (Å²) in [4.78, 5) is 0. The Morgan fingerprint density at radius 1 is 1.33 bits per heavy atom. The summed E-state index contributed by atoms with van der Waals surface area (Å²) in [5, 5.41) is 3.38. The maximum absolute atomic E-state index is 13.4. The second-order valence-corrected chi connectivity index (χ2v) is 5.51. The van der Waals surface area contributed by atoms with E-state index in [0.29, 0.717) is 6.61 Å². The summed E-state index contributed by atoms with van der Waals surface area (Å²) in [5.41, 5.74) is 0.913. The van der Waals surface area contributed by atoms with Crippen molar-refractivity contribution in [2.45, 2.75) is 39.3 Å². The van der Waals surface area contributed by atoms with Crippen molar-refractivity contribution < 1.29 is 9.13 Å². The quantitative estimate of drug-likeness (QED) is 0.819.